The number of carbonyl (C=O) groups excluding carboxylic acids is 2. The number of aliphatic carboxylic acids is 2. The van der Waals surface area contributed by atoms with Crippen molar-refractivity contribution in [1.82, 2.24) is 10.2 Å². The molecule has 120 valence electrons. The van der Waals surface area contributed by atoms with Gasteiger partial charge in [-0.15, -0.1) is 0 Å². The lowest BCUT2D eigenvalue weighted by Gasteiger charge is -2.22. The van der Waals surface area contributed by atoms with Gasteiger partial charge in [0.15, 0.2) is 0 Å². The van der Waals surface area contributed by atoms with E-state index in [0.29, 0.717) is 0 Å². The molecule has 9 heteroatoms. The number of carboxylic acids is 2. The number of carboxylic acid groups (broad SMARTS) is 2. The second-order valence-corrected chi connectivity index (χ2v) is 4.09. The van der Waals surface area contributed by atoms with Gasteiger partial charge in [-0.1, -0.05) is 0 Å². The van der Waals surface area contributed by atoms with E-state index in [1.54, 1.807) is 13.8 Å². The van der Waals surface area contributed by atoms with Crippen LogP contribution in [-0.2, 0) is 19.1 Å². The van der Waals surface area contributed by atoms with Crippen LogP contribution >= 0.6 is 0 Å². The lowest BCUT2D eigenvalue weighted by atomic mass is 10.1. The Bertz CT molecular complexity index is 397. The molecule has 0 aromatic carbocycles. The molecule has 2 amide bonds. The molecule has 1 atom stereocenters. The lowest BCUT2D eigenvalue weighted by Crippen LogP contribution is -2.49. The zero-order valence-corrected chi connectivity index (χ0v) is 12.0. The molecule has 0 saturated heterocycles. The van der Waals surface area contributed by atoms with Crippen molar-refractivity contribution in [1.29, 1.82) is 0 Å². The van der Waals surface area contributed by atoms with Crippen LogP contribution in [0.3, 0.4) is 0 Å². The minimum atomic E-state index is -1.34. The van der Waals surface area contributed by atoms with Gasteiger partial charge in [0, 0.05) is 13.0 Å². The van der Waals surface area contributed by atoms with Crippen LogP contribution in [0.2, 0.25) is 0 Å². The predicted molar refractivity (Wildman–Crippen MR) is 70.7 cm³/mol. The summed E-state index contributed by atoms with van der Waals surface area (Å²) >= 11 is 0. The summed E-state index contributed by atoms with van der Waals surface area (Å²) in [7, 11) is 0. The minimum Gasteiger partial charge on any atom is -0.481 e. The van der Waals surface area contributed by atoms with Gasteiger partial charge in [0.05, 0.1) is 6.61 Å². The molecule has 0 aromatic heterocycles. The smallest absolute Gasteiger partial charge is 0.326 e. The maximum Gasteiger partial charge on any atom is 0.326 e. The summed E-state index contributed by atoms with van der Waals surface area (Å²) in [5, 5.41) is 19.7. The fraction of sp³-hybridized carbons (Fsp3) is 0.667. The van der Waals surface area contributed by atoms with E-state index in [0.717, 1.165) is 4.90 Å². The molecule has 0 spiro atoms. The van der Waals surface area contributed by atoms with Crippen molar-refractivity contribution in [3.8, 4) is 0 Å². The van der Waals surface area contributed by atoms with Crippen LogP contribution in [0.15, 0.2) is 0 Å². The number of likely N-dealkylation sites (N-methyl/N-ethyl adjacent to an activating group) is 1. The third-order valence-electron chi connectivity index (χ3n) is 2.54. The number of hydrogen-bond donors (Lipinski definition) is 3. The molecule has 0 aliphatic heterocycles. The number of amides is 2. The monoisotopic (exact) mass is 304 g/mol. The molecule has 0 aliphatic rings. The van der Waals surface area contributed by atoms with E-state index in [4.69, 9.17) is 14.9 Å². The maximum atomic E-state index is 11.9. The first-order valence-electron chi connectivity index (χ1n) is 6.47. The molecule has 0 aliphatic carbocycles. The first-order chi connectivity index (χ1) is 9.81. The molecule has 9 nitrogen and oxygen atoms in total. The highest BCUT2D eigenvalue weighted by atomic mass is 16.5. The number of ether oxygens (including phenoxy) is 1. The van der Waals surface area contributed by atoms with Crippen LogP contribution in [0.5, 0.6) is 0 Å². The van der Waals surface area contributed by atoms with Crippen LogP contribution in [0.25, 0.3) is 0 Å². The van der Waals surface area contributed by atoms with E-state index >= 15 is 0 Å². The van der Waals surface area contributed by atoms with Crippen molar-refractivity contribution in [2.45, 2.75) is 32.7 Å². The Kier molecular flexibility index (Phi) is 8.51. The van der Waals surface area contributed by atoms with Gasteiger partial charge in [0.25, 0.3) is 0 Å². The zero-order valence-electron chi connectivity index (χ0n) is 12.0. The highest BCUT2D eigenvalue weighted by Gasteiger charge is 2.24. The largest absolute Gasteiger partial charge is 0.481 e. The highest BCUT2D eigenvalue weighted by Crippen LogP contribution is 2.00. The Morgan fingerprint density at radius 2 is 1.81 bits per heavy atom. The number of urea groups is 1. The van der Waals surface area contributed by atoms with Gasteiger partial charge in [-0.3, -0.25) is 9.59 Å². The fourth-order valence-electron chi connectivity index (χ4n) is 1.46. The van der Waals surface area contributed by atoms with Gasteiger partial charge in [-0.25, -0.2) is 9.59 Å². The van der Waals surface area contributed by atoms with Gasteiger partial charge in [0.2, 0.25) is 0 Å². The maximum absolute atomic E-state index is 11.9. The van der Waals surface area contributed by atoms with E-state index in [-0.39, 0.29) is 32.5 Å². The average Bonchev–Trinajstić information content (AvgIpc) is 2.40. The second-order valence-electron chi connectivity index (χ2n) is 4.09. The Labute approximate surface area is 121 Å². The summed E-state index contributed by atoms with van der Waals surface area (Å²) in [6.45, 7) is 3.29. The number of nitrogens with zero attached hydrogens (tertiary/aromatic N) is 1. The number of esters is 1. The van der Waals surface area contributed by atoms with Gasteiger partial charge < -0.3 is 25.2 Å². The quantitative estimate of drug-likeness (QED) is 0.506. The van der Waals surface area contributed by atoms with Crippen LogP contribution in [0.4, 0.5) is 4.79 Å². The Morgan fingerprint density at radius 3 is 2.24 bits per heavy atom. The third kappa shape index (κ3) is 7.75. The number of carbonyl (C=O) groups is 4. The summed E-state index contributed by atoms with van der Waals surface area (Å²) in [4.78, 5) is 45.7. The van der Waals surface area contributed by atoms with Crippen molar-refractivity contribution in [3.05, 3.63) is 0 Å². The summed E-state index contributed by atoms with van der Waals surface area (Å²) in [5.41, 5.74) is 0. The lowest BCUT2D eigenvalue weighted by molar-refractivity contribution is -0.143. The predicted octanol–water partition coefficient (Wildman–Crippen LogP) is -0.101. The molecule has 0 unspecified atom stereocenters. The molecule has 0 fully saturated rings. The first kappa shape index (κ1) is 18.7. The number of rotatable bonds is 9. The van der Waals surface area contributed by atoms with Crippen LogP contribution in [-0.4, -0.2) is 64.8 Å². The second kappa shape index (κ2) is 9.56. The Balaban J connectivity index is 4.59. The summed E-state index contributed by atoms with van der Waals surface area (Å²) in [5.74, 6) is -3.10. The SMILES string of the molecule is CCOC(=O)CN(CC)C(=O)N[C@@H](CCC(=O)O)C(=O)O. The van der Waals surface area contributed by atoms with Crippen molar-refractivity contribution in [2.75, 3.05) is 19.7 Å². The molecule has 0 saturated carbocycles. The van der Waals surface area contributed by atoms with Crippen molar-refractivity contribution in [2.24, 2.45) is 0 Å². The van der Waals surface area contributed by atoms with Crippen molar-refractivity contribution in [3.63, 3.8) is 0 Å². The summed E-state index contributed by atoms with van der Waals surface area (Å²) < 4.78 is 4.70. The van der Waals surface area contributed by atoms with Crippen LogP contribution < -0.4 is 5.32 Å². The molecule has 0 aromatic rings. The van der Waals surface area contributed by atoms with E-state index in [1.807, 2.05) is 0 Å². The van der Waals surface area contributed by atoms with Crippen LogP contribution in [0, 0.1) is 0 Å². The summed E-state index contributed by atoms with van der Waals surface area (Å²) in [6.07, 6.45) is -0.630. The molecule has 21 heavy (non-hydrogen) atoms. The average molecular weight is 304 g/mol. The van der Waals surface area contributed by atoms with Gasteiger partial charge >= 0.3 is 23.9 Å². The number of nitrogens with one attached hydrogen (secondary N) is 1. The highest BCUT2D eigenvalue weighted by molar-refractivity contribution is 5.85. The number of hydrogen-bond acceptors (Lipinski definition) is 5. The van der Waals surface area contributed by atoms with E-state index in [9.17, 15) is 19.2 Å². The molecule has 3 N–H and O–H groups in total. The molecule has 0 heterocycles. The zero-order chi connectivity index (χ0) is 16.4. The van der Waals surface area contributed by atoms with E-state index in [2.05, 4.69) is 5.32 Å². The van der Waals surface area contributed by atoms with Gasteiger partial charge in [-0.2, -0.15) is 0 Å². The standard InChI is InChI=1S/C12H20N2O7/c1-3-14(7-10(17)21-4-2)12(20)13-8(11(18)19)5-6-9(15)16/h8H,3-7H2,1-2H3,(H,13,20)(H,15,16)(H,18,19)/t8-/m0/s1. The topological polar surface area (TPSA) is 133 Å². The normalized spacial score (nSPS) is 11.3. The minimum absolute atomic E-state index is 0.175. The van der Waals surface area contributed by atoms with E-state index < -0.39 is 30.0 Å². The first-order valence-corrected chi connectivity index (χ1v) is 6.47. The Morgan fingerprint density at radius 1 is 1.19 bits per heavy atom. The summed E-state index contributed by atoms with van der Waals surface area (Å²) in [6, 6.07) is -2.09. The van der Waals surface area contributed by atoms with E-state index in [1.165, 1.54) is 0 Å². The third-order valence-corrected chi connectivity index (χ3v) is 2.54. The van der Waals surface area contributed by atoms with Crippen molar-refractivity contribution < 1.29 is 34.1 Å². The Hall–Kier alpha value is -2.32. The fourth-order valence-corrected chi connectivity index (χ4v) is 1.46. The van der Waals surface area contributed by atoms with Crippen LogP contribution in [0.1, 0.15) is 26.7 Å². The molecule has 0 bridgehead atoms. The van der Waals surface area contributed by atoms with Gasteiger partial charge in [0.1, 0.15) is 12.6 Å². The van der Waals surface area contributed by atoms with Crippen molar-refractivity contribution >= 4 is 23.9 Å². The molecule has 0 rings (SSSR count). The molecule has 0 radical (unpaired) electrons. The molecular formula is C12H20N2O7. The van der Waals surface area contributed by atoms with Gasteiger partial charge in [-0.05, 0) is 20.3 Å². The molecular weight excluding hydrogens is 284 g/mol.